The molecule has 0 aliphatic heterocycles. The molecule has 0 fully saturated rings. The highest BCUT2D eigenvalue weighted by Gasteiger charge is 2.22. The summed E-state index contributed by atoms with van der Waals surface area (Å²) in [5.41, 5.74) is 0. The van der Waals surface area contributed by atoms with E-state index in [9.17, 15) is 14.2 Å². The molecule has 0 radical (unpaired) electrons. The molecular weight excluding hydrogens is 435 g/mol. The van der Waals surface area contributed by atoms with E-state index in [1.165, 1.54) is 19.3 Å². The minimum atomic E-state index is -4.72. The van der Waals surface area contributed by atoms with E-state index >= 15 is 0 Å². The van der Waals surface area contributed by atoms with E-state index in [-0.39, 0.29) is 19.4 Å². The van der Waals surface area contributed by atoms with Gasteiger partial charge in [0, 0.05) is 12.8 Å². The molecule has 0 spiro atoms. The SMILES string of the molecule is [CH2-]CCCCCCCCCC(=O)OC[C@H](COP(=O)(O)O)OC(=O)CCCCCCCC. The van der Waals surface area contributed by atoms with E-state index < -0.39 is 32.5 Å². The lowest BCUT2D eigenvalue weighted by molar-refractivity contribution is -0.161. The van der Waals surface area contributed by atoms with Crippen LogP contribution in [0.1, 0.15) is 110 Å². The van der Waals surface area contributed by atoms with E-state index in [1.54, 1.807) is 0 Å². The lowest BCUT2D eigenvalue weighted by Crippen LogP contribution is -2.29. The van der Waals surface area contributed by atoms with Gasteiger partial charge >= 0.3 is 19.8 Å². The first-order chi connectivity index (χ1) is 15.3. The van der Waals surface area contributed by atoms with Crippen LogP contribution in [0.3, 0.4) is 0 Å². The normalized spacial score (nSPS) is 12.5. The standard InChI is InChI=1S/C23H44O8P/c1-3-5-7-9-11-12-14-15-17-22(24)29-19-21(20-30-32(26,27)28)31-23(25)18-16-13-10-8-6-4-2/h21H,1,3-20H2,2H3,(H2,26,27,28)/q-1/t21-/m1/s1. The predicted octanol–water partition coefficient (Wildman–Crippen LogP) is 5.65. The van der Waals surface area contributed by atoms with Gasteiger partial charge in [-0.25, -0.2) is 4.57 Å². The van der Waals surface area contributed by atoms with Gasteiger partial charge < -0.3 is 26.2 Å². The van der Waals surface area contributed by atoms with Gasteiger partial charge in [0.25, 0.3) is 0 Å². The molecule has 2 N–H and O–H groups in total. The average molecular weight is 480 g/mol. The summed E-state index contributed by atoms with van der Waals surface area (Å²) >= 11 is 0. The zero-order valence-corrected chi connectivity index (χ0v) is 20.7. The molecule has 9 heteroatoms. The molecule has 0 aliphatic rings. The van der Waals surface area contributed by atoms with Crippen molar-refractivity contribution in [1.82, 2.24) is 0 Å². The summed E-state index contributed by atoms with van der Waals surface area (Å²) in [7, 11) is -4.72. The van der Waals surface area contributed by atoms with Gasteiger partial charge in [0.15, 0.2) is 6.10 Å². The second kappa shape index (κ2) is 20.6. The number of hydrogen-bond acceptors (Lipinski definition) is 6. The maximum absolute atomic E-state index is 12.0. The Morgan fingerprint density at radius 1 is 0.781 bits per heavy atom. The summed E-state index contributed by atoms with van der Waals surface area (Å²) in [5, 5.41) is 0. The number of carbonyl (C=O) groups excluding carboxylic acids is 2. The minimum Gasteiger partial charge on any atom is -0.462 e. The monoisotopic (exact) mass is 479 g/mol. The maximum atomic E-state index is 12.0. The smallest absolute Gasteiger partial charge is 0.462 e. The van der Waals surface area contributed by atoms with Crippen molar-refractivity contribution in [3.63, 3.8) is 0 Å². The number of unbranched alkanes of at least 4 members (excludes halogenated alkanes) is 12. The van der Waals surface area contributed by atoms with Crippen molar-refractivity contribution in [3.05, 3.63) is 6.92 Å². The molecule has 0 amide bonds. The van der Waals surface area contributed by atoms with E-state index in [2.05, 4.69) is 18.4 Å². The summed E-state index contributed by atoms with van der Waals surface area (Å²) in [6.45, 7) is 5.14. The Morgan fingerprint density at radius 3 is 1.81 bits per heavy atom. The van der Waals surface area contributed by atoms with Gasteiger partial charge in [0.1, 0.15) is 6.61 Å². The van der Waals surface area contributed by atoms with Gasteiger partial charge in [-0.05, 0) is 12.8 Å². The Kier molecular flexibility index (Phi) is 20.0. The highest BCUT2D eigenvalue weighted by molar-refractivity contribution is 7.46. The third kappa shape index (κ3) is 22.3. The fourth-order valence-corrected chi connectivity index (χ4v) is 3.54. The minimum absolute atomic E-state index is 0.210. The lowest BCUT2D eigenvalue weighted by Gasteiger charge is -2.18. The second-order valence-corrected chi connectivity index (χ2v) is 9.42. The number of hydrogen-bond donors (Lipinski definition) is 2. The Balaban J connectivity index is 4.15. The number of esters is 2. The summed E-state index contributed by atoms with van der Waals surface area (Å²) in [6, 6.07) is 0. The zero-order chi connectivity index (χ0) is 24.1. The van der Waals surface area contributed by atoms with Gasteiger partial charge in [-0.2, -0.15) is 6.42 Å². The molecule has 0 aromatic heterocycles. The number of phosphoric acid groups is 1. The van der Waals surface area contributed by atoms with E-state index in [0.717, 1.165) is 64.2 Å². The first kappa shape index (κ1) is 31.0. The Labute approximate surface area is 194 Å². The van der Waals surface area contributed by atoms with Crippen molar-refractivity contribution in [2.75, 3.05) is 13.2 Å². The summed E-state index contributed by atoms with van der Waals surface area (Å²) in [6.07, 6.45) is 13.9. The van der Waals surface area contributed by atoms with Crippen molar-refractivity contribution in [1.29, 1.82) is 0 Å². The molecule has 32 heavy (non-hydrogen) atoms. The largest absolute Gasteiger partial charge is 0.469 e. The lowest BCUT2D eigenvalue weighted by atomic mass is 10.1. The molecule has 0 aromatic rings. The molecule has 0 unspecified atom stereocenters. The van der Waals surface area contributed by atoms with Crippen LogP contribution in [0.4, 0.5) is 0 Å². The molecule has 0 rings (SSSR count). The first-order valence-electron chi connectivity index (χ1n) is 12.1. The molecule has 1 atom stereocenters. The molecule has 0 heterocycles. The van der Waals surface area contributed by atoms with Crippen molar-refractivity contribution in [3.8, 4) is 0 Å². The van der Waals surface area contributed by atoms with Gasteiger partial charge in [-0.15, -0.1) is 0 Å². The first-order valence-corrected chi connectivity index (χ1v) is 13.7. The molecular formula is C23H44O8P-. The molecule has 0 saturated carbocycles. The number of carbonyl (C=O) groups is 2. The number of rotatable bonds is 22. The third-order valence-corrected chi connectivity index (χ3v) is 5.51. The van der Waals surface area contributed by atoms with E-state index in [4.69, 9.17) is 19.3 Å². The highest BCUT2D eigenvalue weighted by Crippen LogP contribution is 2.35. The Hall–Kier alpha value is -0.950. The summed E-state index contributed by atoms with van der Waals surface area (Å²) in [5.74, 6) is -0.912. The molecule has 8 nitrogen and oxygen atoms in total. The van der Waals surface area contributed by atoms with Crippen molar-refractivity contribution in [2.45, 2.75) is 116 Å². The van der Waals surface area contributed by atoms with Crippen LogP contribution in [0.25, 0.3) is 0 Å². The van der Waals surface area contributed by atoms with Crippen LogP contribution in [0.15, 0.2) is 0 Å². The Morgan fingerprint density at radius 2 is 1.28 bits per heavy atom. The molecule has 0 saturated heterocycles. The molecule has 190 valence electrons. The fraction of sp³-hybridized carbons (Fsp3) is 0.870. The zero-order valence-electron chi connectivity index (χ0n) is 19.8. The van der Waals surface area contributed by atoms with Crippen LogP contribution >= 0.6 is 7.82 Å². The van der Waals surface area contributed by atoms with Crippen molar-refractivity contribution < 1.29 is 37.9 Å². The van der Waals surface area contributed by atoms with Crippen LogP contribution < -0.4 is 0 Å². The van der Waals surface area contributed by atoms with E-state index in [1.807, 2.05) is 0 Å². The van der Waals surface area contributed by atoms with Gasteiger partial charge in [-0.1, -0.05) is 77.6 Å². The van der Waals surface area contributed by atoms with Gasteiger partial charge in [-0.3, -0.25) is 14.1 Å². The van der Waals surface area contributed by atoms with Crippen molar-refractivity contribution in [2.24, 2.45) is 0 Å². The second-order valence-electron chi connectivity index (χ2n) is 8.18. The fourth-order valence-electron chi connectivity index (χ4n) is 3.18. The van der Waals surface area contributed by atoms with Crippen molar-refractivity contribution >= 4 is 19.8 Å². The van der Waals surface area contributed by atoms with Crippen LogP contribution in [-0.4, -0.2) is 41.0 Å². The van der Waals surface area contributed by atoms with Gasteiger partial charge in [0.2, 0.25) is 0 Å². The Bertz CT molecular complexity index is 520. The molecule has 0 aromatic carbocycles. The van der Waals surface area contributed by atoms with Crippen LogP contribution in [0, 0.1) is 6.92 Å². The summed E-state index contributed by atoms with van der Waals surface area (Å²) in [4.78, 5) is 41.8. The van der Waals surface area contributed by atoms with Crippen LogP contribution in [0.5, 0.6) is 0 Å². The highest BCUT2D eigenvalue weighted by atomic mass is 31.2. The maximum Gasteiger partial charge on any atom is 0.469 e. The van der Waals surface area contributed by atoms with Crippen LogP contribution in [0.2, 0.25) is 0 Å². The quantitative estimate of drug-likeness (QED) is 0.0885. The average Bonchev–Trinajstić information content (AvgIpc) is 2.73. The molecule has 0 aliphatic carbocycles. The third-order valence-electron chi connectivity index (χ3n) is 5.02. The number of ether oxygens (including phenoxy) is 2. The predicted molar refractivity (Wildman–Crippen MR) is 124 cm³/mol. The summed E-state index contributed by atoms with van der Waals surface area (Å²) < 4.78 is 25.8. The number of phosphoric ester groups is 1. The van der Waals surface area contributed by atoms with E-state index in [0.29, 0.717) is 6.42 Å². The van der Waals surface area contributed by atoms with Gasteiger partial charge in [0.05, 0.1) is 6.61 Å². The topological polar surface area (TPSA) is 119 Å². The van der Waals surface area contributed by atoms with Crippen LogP contribution in [-0.2, 0) is 28.2 Å². The molecule has 0 bridgehead atoms.